The average Bonchev–Trinajstić information content (AvgIpc) is 2.93. The molecule has 0 saturated carbocycles. The molecule has 2 atom stereocenters. The Balaban J connectivity index is 1.85. The Morgan fingerprint density at radius 3 is 1.29 bits per heavy atom. The number of benzene rings is 4. The van der Waals surface area contributed by atoms with Gasteiger partial charge in [-0.1, -0.05) is 63.7 Å². The fraction of sp³-hybridized carbons (Fsp3) is 0.231. The van der Waals surface area contributed by atoms with Crippen LogP contribution in [0.3, 0.4) is 0 Å². The van der Waals surface area contributed by atoms with Gasteiger partial charge in [-0.3, -0.25) is 0 Å². The zero-order valence-electron chi connectivity index (χ0n) is 20.3. The van der Waals surface area contributed by atoms with Crippen LogP contribution in [0.15, 0.2) is 73.0 Å². The minimum absolute atomic E-state index is 0.102. The molecule has 4 aromatic carbocycles. The van der Waals surface area contributed by atoms with Crippen molar-refractivity contribution in [2.24, 2.45) is 0 Å². The van der Waals surface area contributed by atoms with E-state index in [0.29, 0.717) is 44.4 Å². The van der Waals surface area contributed by atoms with Gasteiger partial charge in [-0.05, 0) is 143 Å². The third kappa shape index (κ3) is 7.84. The molecule has 0 fully saturated rings. The summed E-state index contributed by atoms with van der Waals surface area (Å²) in [4.78, 5) is 0.499. The van der Waals surface area contributed by atoms with E-state index in [1.54, 1.807) is 24.3 Å². The smallest absolute Gasteiger partial charge is 0.206 e. The molecule has 2 unspecified atom stereocenters. The van der Waals surface area contributed by atoms with Crippen LogP contribution >= 0.6 is 159 Å². The van der Waals surface area contributed by atoms with Crippen LogP contribution < -0.4 is 9.47 Å². The van der Waals surface area contributed by atoms with Gasteiger partial charge in [-0.15, -0.1) is 0 Å². The molecule has 220 valence electrons. The van der Waals surface area contributed by atoms with Gasteiger partial charge in [0.15, 0.2) is 0 Å². The lowest BCUT2D eigenvalue weighted by Crippen LogP contribution is -2.13. The normalized spacial score (nSPS) is 13.5. The lowest BCUT2D eigenvalue weighted by molar-refractivity contribution is 0.327. The summed E-state index contributed by atoms with van der Waals surface area (Å²) in [5.41, 5.74) is 0. The SMILES string of the molecule is O=S(=O)(c1cc(Br)c2c(OCC(Br)CBr)c(Br)c(Br)cc2c1)c1cc(Br)c2c(OCC(Br)CBr)c(Br)c(Br)cc2c1. The standard InChI is InChI=1S/C26H16Br10O4S/c27-7-13(29)9-39-25-21-11(3-19(33)23(25)35)1-15(5-17(21)31)41(37,38)16-2-12-4-20(34)24(36)26(22(12)18(32)6-16)40-10-14(30)8-28/h1-6,13-14H,7-10H2. The molecule has 0 saturated heterocycles. The number of fused-ring (bicyclic) bond motifs is 2. The van der Waals surface area contributed by atoms with Crippen LogP contribution in [0.25, 0.3) is 21.5 Å². The molecule has 41 heavy (non-hydrogen) atoms. The van der Waals surface area contributed by atoms with Crippen molar-refractivity contribution >= 4 is 191 Å². The highest BCUT2D eigenvalue weighted by Crippen LogP contribution is 2.46. The molecular weight excluding hydrogens is 1210 g/mol. The molecule has 4 rings (SSSR count). The first-order valence-corrected chi connectivity index (χ1v) is 21.7. The third-order valence-corrected chi connectivity index (χ3v) is 17.1. The van der Waals surface area contributed by atoms with Crippen LogP contribution in [-0.4, -0.2) is 41.9 Å². The topological polar surface area (TPSA) is 52.6 Å². The number of hydrogen-bond donors (Lipinski definition) is 0. The highest BCUT2D eigenvalue weighted by molar-refractivity contribution is 9.14. The first kappa shape index (κ1) is 35.6. The van der Waals surface area contributed by atoms with Crippen LogP contribution in [-0.2, 0) is 9.84 Å². The quantitative estimate of drug-likeness (QED) is 0.149. The van der Waals surface area contributed by atoms with Crippen molar-refractivity contribution in [3.8, 4) is 11.5 Å². The van der Waals surface area contributed by atoms with E-state index in [0.717, 1.165) is 39.3 Å². The second-order valence-electron chi connectivity index (χ2n) is 8.64. The first-order chi connectivity index (χ1) is 19.3. The molecule has 4 nitrogen and oxygen atoms in total. The lowest BCUT2D eigenvalue weighted by Gasteiger charge is -2.18. The number of alkyl halides is 4. The minimum Gasteiger partial charge on any atom is -0.490 e. The highest BCUT2D eigenvalue weighted by Gasteiger charge is 2.25. The van der Waals surface area contributed by atoms with Crippen LogP contribution in [0, 0.1) is 0 Å². The molecule has 0 aromatic heterocycles. The van der Waals surface area contributed by atoms with E-state index in [1.807, 2.05) is 12.1 Å². The summed E-state index contributed by atoms with van der Waals surface area (Å²) in [5.74, 6) is 1.22. The number of ether oxygens (including phenoxy) is 2. The second kappa shape index (κ2) is 15.1. The second-order valence-corrected chi connectivity index (χ2v) is 19.5. The number of rotatable bonds is 10. The molecule has 0 aliphatic carbocycles. The van der Waals surface area contributed by atoms with Crippen molar-refractivity contribution in [2.75, 3.05) is 23.9 Å². The van der Waals surface area contributed by atoms with Crippen molar-refractivity contribution in [3.63, 3.8) is 0 Å². The predicted molar refractivity (Wildman–Crippen MR) is 204 cm³/mol. The molecular formula is C26H16Br10O4S. The Hall–Kier alpha value is 1.75. The Morgan fingerprint density at radius 2 is 0.951 bits per heavy atom. The summed E-state index contributed by atoms with van der Waals surface area (Å²) in [6.45, 7) is 0.827. The Labute approximate surface area is 322 Å². The summed E-state index contributed by atoms with van der Waals surface area (Å²) < 4.78 is 44.5. The molecule has 15 heteroatoms. The van der Waals surface area contributed by atoms with E-state index in [-0.39, 0.29) is 19.4 Å². The van der Waals surface area contributed by atoms with Crippen LogP contribution in [0.5, 0.6) is 11.5 Å². The summed E-state index contributed by atoms with van der Waals surface area (Å²) >= 11 is 35.6. The van der Waals surface area contributed by atoms with E-state index >= 15 is 0 Å². The summed E-state index contributed by atoms with van der Waals surface area (Å²) in [6, 6.07) is 10.3. The number of hydrogen-bond acceptors (Lipinski definition) is 4. The number of halogens is 10. The largest absolute Gasteiger partial charge is 0.490 e. The Morgan fingerprint density at radius 1 is 0.585 bits per heavy atom. The molecule has 0 heterocycles. The molecule has 0 aliphatic rings. The lowest BCUT2D eigenvalue weighted by atomic mass is 10.1. The van der Waals surface area contributed by atoms with E-state index < -0.39 is 9.84 Å². The van der Waals surface area contributed by atoms with Crippen molar-refractivity contribution in [2.45, 2.75) is 19.4 Å². The number of sulfone groups is 1. The van der Waals surface area contributed by atoms with Crippen LogP contribution in [0.4, 0.5) is 0 Å². The molecule has 0 N–H and O–H groups in total. The van der Waals surface area contributed by atoms with Crippen LogP contribution in [0.1, 0.15) is 0 Å². The molecule has 0 amide bonds. The third-order valence-electron chi connectivity index (χ3n) is 5.80. The van der Waals surface area contributed by atoms with Crippen molar-refractivity contribution in [1.82, 2.24) is 0 Å². The zero-order valence-corrected chi connectivity index (χ0v) is 36.9. The van der Waals surface area contributed by atoms with Gasteiger partial charge in [0.2, 0.25) is 9.84 Å². The average molecular weight is 1220 g/mol. The maximum absolute atomic E-state index is 14.0. The van der Waals surface area contributed by atoms with Crippen molar-refractivity contribution in [3.05, 3.63) is 63.2 Å². The molecule has 0 radical (unpaired) electrons. The van der Waals surface area contributed by atoms with Gasteiger partial charge < -0.3 is 9.47 Å². The molecule has 0 aliphatic heterocycles. The van der Waals surface area contributed by atoms with E-state index in [1.165, 1.54) is 0 Å². The van der Waals surface area contributed by atoms with Gasteiger partial charge in [-0.2, -0.15) is 0 Å². The summed E-state index contributed by atoms with van der Waals surface area (Å²) in [5, 5.41) is 4.36. The zero-order chi connectivity index (χ0) is 30.2. The van der Waals surface area contributed by atoms with Gasteiger partial charge in [-0.25, -0.2) is 8.42 Å². The van der Waals surface area contributed by atoms with Gasteiger partial charge >= 0.3 is 0 Å². The minimum atomic E-state index is -3.92. The van der Waals surface area contributed by atoms with Gasteiger partial charge in [0.05, 0.1) is 28.4 Å². The van der Waals surface area contributed by atoms with Gasteiger partial charge in [0.1, 0.15) is 24.7 Å². The van der Waals surface area contributed by atoms with E-state index in [4.69, 9.17) is 9.47 Å². The molecule has 0 spiro atoms. The monoisotopic (exact) mass is 1210 g/mol. The fourth-order valence-electron chi connectivity index (χ4n) is 3.90. The van der Waals surface area contributed by atoms with Crippen molar-refractivity contribution < 1.29 is 17.9 Å². The maximum Gasteiger partial charge on any atom is 0.206 e. The van der Waals surface area contributed by atoms with Gasteiger partial charge in [0, 0.05) is 39.3 Å². The first-order valence-electron chi connectivity index (χ1n) is 11.4. The highest BCUT2D eigenvalue weighted by atomic mass is 79.9. The van der Waals surface area contributed by atoms with Crippen molar-refractivity contribution in [1.29, 1.82) is 0 Å². The van der Waals surface area contributed by atoms with E-state index in [2.05, 4.69) is 159 Å². The van der Waals surface area contributed by atoms with Crippen LogP contribution in [0.2, 0.25) is 0 Å². The summed E-state index contributed by atoms with van der Waals surface area (Å²) in [6.07, 6.45) is 0. The van der Waals surface area contributed by atoms with Gasteiger partial charge in [0.25, 0.3) is 0 Å². The maximum atomic E-state index is 14.0. The summed E-state index contributed by atoms with van der Waals surface area (Å²) in [7, 11) is -3.92. The fourth-order valence-corrected chi connectivity index (χ4v) is 9.24. The predicted octanol–water partition coefficient (Wildman–Crippen LogP) is 12.5. The Bertz CT molecular complexity index is 1630. The molecule has 4 aromatic rings. The van der Waals surface area contributed by atoms with E-state index in [9.17, 15) is 8.42 Å². The molecule has 0 bridgehead atoms. The Kier molecular flexibility index (Phi) is 13.1.